The molecule has 3 amide bonds. The fourth-order valence-electron chi connectivity index (χ4n) is 2.86. The van der Waals surface area contributed by atoms with Gasteiger partial charge in [-0.2, -0.15) is 0 Å². The molecule has 11 heteroatoms. The van der Waals surface area contributed by atoms with E-state index in [0.717, 1.165) is 0 Å². The third-order valence-electron chi connectivity index (χ3n) is 4.52. The van der Waals surface area contributed by atoms with Crippen molar-refractivity contribution >= 4 is 39.1 Å². The normalized spacial score (nSPS) is 10.9. The number of pyridine rings is 1. The summed E-state index contributed by atoms with van der Waals surface area (Å²) in [7, 11) is -3.77. The van der Waals surface area contributed by atoms with Gasteiger partial charge in [-0.3, -0.25) is 19.4 Å². The van der Waals surface area contributed by atoms with Crippen LogP contribution in [-0.2, 0) is 26.2 Å². The van der Waals surface area contributed by atoms with Crippen LogP contribution in [0.4, 0.5) is 11.4 Å². The quantitative estimate of drug-likeness (QED) is 0.367. The highest BCUT2D eigenvalue weighted by molar-refractivity contribution is 7.89. The lowest BCUT2D eigenvalue weighted by atomic mass is 10.1. The van der Waals surface area contributed by atoms with Crippen LogP contribution in [0.2, 0.25) is 0 Å². The standard InChI is InChI=1S/C23H23N5O5S/c1-16(29)27-19-8-10-21(11-9-19)34(32,33)26-13-17-4-6-18(7-5-17)23(31)25-15-22(30)28-20-3-2-12-24-14-20/h2-12,14,26H,13,15H2,1H3,(H,25,31)(H,27,29)(H,28,30). The van der Waals surface area contributed by atoms with Crippen molar-refractivity contribution in [1.82, 2.24) is 15.0 Å². The molecular formula is C23H23N5O5S. The number of aromatic nitrogens is 1. The first-order valence-electron chi connectivity index (χ1n) is 10.2. The van der Waals surface area contributed by atoms with Gasteiger partial charge in [0.05, 0.1) is 23.3 Å². The van der Waals surface area contributed by atoms with Crippen molar-refractivity contribution in [1.29, 1.82) is 0 Å². The molecule has 0 spiro atoms. The third kappa shape index (κ3) is 7.22. The SMILES string of the molecule is CC(=O)Nc1ccc(S(=O)(=O)NCc2ccc(C(=O)NCC(=O)Nc3cccnc3)cc2)cc1. The van der Waals surface area contributed by atoms with Crippen LogP contribution in [0.1, 0.15) is 22.8 Å². The van der Waals surface area contributed by atoms with Crippen molar-refractivity contribution in [2.75, 3.05) is 17.2 Å². The van der Waals surface area contributed by atoms with Crippen LogP contribution in [0.25, 0.3) is 0 Å². The van der Waals surface area contributed by atoms with E-state index in [1.807, 2.05) is 0 Å². The van der Waals surface area contributed by atoms with E-state index in [1.54, 1.807) is 42.6 Å². The van der Waals surface area contributed by atoms with Gasteiger partial charge in [-0.25, -0.2) is 13.1 Å². The highest BCUT2D eigenvalue weighted by Gasteiger charge is 2.14. The first kappa shape index (κ1) is 24.6. The molecule has 3 rings (SSSR count). The summed E-state index contributed by atoms with van der Waals surface area (Å²) in [4.78, 5) is 39.2. The van der Waals surface area contributed by atoms with E-state index in [-0.39, 0.29) is 23.9 Å². The molecule has 0 unspecified atom stereocenters. The van der Waals surface area contributed by atoms with Crippen LogP contribution < -0.4 is 20.7 Å². The molecule has 1 aromatic heterocycles. The van der Waals surface area contributed by atoms with E-state index in [2.05, 4.69) is 25.7 Å². The van der Waals surface area contributed by atoms with Gasteiger partial charge in [0.2, 0.25) is 21.8 Å². The number of hydrogen-bond donors (Lipinski definition) is 4. The maximum Gasteiger partial charge on any atom is 0.251 e. The average Bonchev–Trinajstić information content (AvgIpc) is 2.82. The second-order valence-corrected chi connectivity index (χ2v) is 8.97. The number of hydrogen-bond acceptors (Lipinski definition) is 6. The fourth-order valence-corrected chi connectivity index (χ4v) is 3.88. The molecule has 0 aliphatic rings. The Balaban J connectivity index is 1.50. The molecule has 1 heterocycles. The smallest absolute Gasteiger partial charge is 0.251 e. The number of nitrogens with zero attached hydrogens (tertiary/aromatic N) is 1. The highest BCUT2D eigenvalue weighted by atomic mass is 32.2. The van der Waals surface area contributed by atoms with Gasteiger partial charge in [0, 0.05) is 30.9 Å². The number of anilines is 2. The van der Waals surface area contributed by atoms with E-state index in [1.165, 1.54) is 37.4 Å². The molecular weight excluding hydrogens is 458 g/mol. The zero-order chi connectivity index (χ0) is 24.6. The van der Waals surface area contributed by atoms with E-state index in [4.69, 9.17) is 0 Å². The van der Waals surface area contributed by atoms with E-state index in [9.17, 15) is 22.8 Å². The Hall–Kier alpha value is -4.09. The lowest BCUT2D eigenvalue weighted by Gasteiger charge is -2.09. The van der Waals surface area contributed by atoms with Crippen LogP contribution in [0, 0.1) is 0 Å². The Bertz CT molecular complexity index is 1260. The number of sulfonamides is 1. The highest BCUT2D eigenvalue weighted by Crippen LogP contribution is 2.15. The Morgan fingerprint density at radius 1 is 0.882 bits per heavy atom. The summed E-state index contributed by atoms with van der Waals surface area (Å²) in [6.07, 6.45) is 3.08. The Kier molecular flexibility index (Phi) is 8.06. The van der Waals surface area contributed by atoms with Crippen LogP contribution in [0.3, 0.4) is 0 Å². The predicted molar refractivity (Wildman–Crippen MR) is 126 cm³/mol. The lowest BCUT2D eigenvalue weighted by molar-refractivity contribution is -0.115. The Labute approximate surface area is 196 Å². The summed E-state index contributed by atoms with van der Waals surface area (Å²) >= 11 is 0. The molecule has 4 N–H and O–H groups in total. The average molecular weight is 482 g/mol. The molecule has 0 aliphatic heterocycles. The van der Waals surface area contributed by atoms with Crippen molar-refractivity contribution in [3.05, 3.63) is 84.2 Å². The molecule has 10 nitrogen and oxygen atoms in total. The lowest BCUT2D eigenvalue weighted by Crippen LogP contribution is -2.32. The molecule has 0 fully saturated rings. The van der Waals surface area contributed by atoms with Crippen molar-refractivity contribution in [2.45, 2.75) is 18.4 Å². The van der Waals surface area contributed by atoms with Gasteiger partial charge in [0.25, 0.3) is 5.91 Å². The summed E-state index contributed by atoms with van der Waals surface area (Å²) in [5.74, 6) is -1.08. The molecule has 2 aromatic carbocycles. The molecule has 0 atom stereocenters. The van der Waals surface area contributed by atoms with Gasteiger partial charge >= 0.3 is 0 Å². The van der Waals surface area contributed by atoms with Crippen molar-refractivity contribution in [3.63, 3.8) is 0 Å². The van der Waals surface area contributed by atoms with Gasteiger partial charge in [0.15, 0.2) is 0 Å². The van der Waals surface area contributed by atoms with E-state index in [0.29, 0.717) is 22.5 Å². The summed E-state index contributed by atoms with van der Waals surface area (Å²) in [5, 5.41) is 7.71. The zero-order valence-electron chi connectivity index (χ0n) is 18.2. The van der Waals surface area contributed by atoms with Crippen LogP contribution in [0.5, 0.6) is 0 Å². The largest absolute Gasteiger partial charge is 0.343 e. The summed E-state index contributed by atoms with van der Waals surface area (Å²) in [6.45, 7) is 1.17. The van der Waals surface area contributed by atoms with Crippen molar-refractivity contribution < 1.29 is 22.8 Å². The zero-order valence-corrected chi connectivity index (χ0v) is 19.1. The summed E-state index contributed by atoms with van der Waals surface area (Å²) in [6, 6.07) is 15.5. The van der Waals surface area contributed by atoms with Gasteiger partial charge in [-0.15, -0.1) is 0 Å². The number of carbonyl (C=O) groups excluding carboxylic acids is 3. The van der Waals surface area contributed by atoms with Crippen LogP contribution >= 0.6 is 0 Å². The molecule has 0 saturated heterocycles. The molecule has 0 saturated carbocycles. The number of nitrogens with one attached hydrogen (secondary N) is 4. The van der Waals surface area contributed by atoms with Crippen molar-refractivity contribution in [3.8, 4) is 0 Å². The molecule has 0 bridgehead atoms. The minimum Gasteiger partial charge on any atom is -0.343 e. The maximum atomic E-state index is 12.5. The second-order valence-electron chi connectivity index (χ2n) is 7.20. The summed E-state index contributed by atoms with van der Waals surface area (Å²) in [5.41, 5.74) is 1.99. The topological polar surface area (TPSA) is 146 Å². The molecule has 176 valence electrons. The monoisotopic (exact) mass is 481 g/mol. The first-order chi connectivity index (χ1) is 16.2. The van der Waals surface area contributed by atoms with E-state index < -0.39 is 21.8 Å². The number of rotatable bonds is 9. The van der Waals surface area contributed by atoms with Gasteiger partial charge in [-0.1, -0.05) is 12.1 Å². The molecule has 0 radical (unpaired) electrons. The minimum atomic E-state index is -3.77. The Morgan fingerprint density at radius 2 is 1.59 bits per heavy atom. The molecule has 34 heavy (non-hydrogen) atoms. The summed E-state index contributed by atoms with van der Waals surface area (Å²) < 4.78 is 27.5. The fraction of sp³-hybridized carbons (Fsp3) is 0.130. The van der Waals surface area contributed by atoms with Crippen LogP contribution in [0.15, 0.2) is 78.0 Å². The van der Waals surface area contributed by atoms with Crippen molar-refractivity contribution in [2.24, 2.45) is 0 Å². The number of benzene rings is 2. The number of carbonyl (C=O) groups is 3. The Morgan fingerprint density at radius 3 is 2.21 bits per heavy atom. The molecule has 3 aromatic rings. The molecule has 0 aliphatic carbocycles. The predicted octanol–water partition coefficient (Wildman–Crippen LogP) is 1.89. The van der Waals surface area contributed by atoms with Gasteiger partial charge in [-0.05, 0) is 54.1 Å². The maximum absolute atomic E-state index is 12.5. The van der Waals surface area contributed by atoms with Gasteiger partial charge in [0.1, 0.15) is 0 Å². The van der Waals surface area contributed by atoms with Crippen LogP contribution in [-0.4, -0.2) is 37.7 Å². The third-order valence-corrected chi connectivity index (χ3v) is 5.94. The number of amides is 3. The second kappa shape index (κ2) is 11.2. The minimum absolute atomic E-state index is 0.0190. The first-order valence-corrected chi connectivity index (χ1v) is 11.7. The van der Waals surface area contributed by atoms with Gasteiger partial charge < -0.3 is 16.0 Å². The van der Waals surface area contributed by atoms with E-state index >= 15 is 0 Å².